The third-order valence-corrected chi connectivity index (χ3v) is 3.90. The number of amides is 1. The molecule has 2 N–H and O–H groups in total. The maximum atomic E-state index is 12.1. The Morgan fingerprint density at radius 1 is 1.33 bits per heavy atom. The number of likely N-dealkylation sites (tertiary alicyclic amines) is 1. The van der Waals surface area contributed by atoms with E-state index in [2.05, 4.69) is 15.3 Å². The van der Waals surface area contributed by atoms with Gasteiger partial charge in [-0.3, -0.25) is 9.59 Å². The summed E-state index contributed by atoms with van der Waals surface area (Å²) in [5.74, 6) is 0.853. The highest BCUT2D eigenvalue weighted by molar-refractivity contribution is 5.78. The highest BCUT2D eigenvalue weighted by Crippen LogP contribution is 2.14. The SMILES string of the molecule is Cc1nc(C)c(C(C)NC(C)CN2CCCC2=O)c(=O)[nH]1. The fraction of sp³-hybridized carbons (Fsp3) is 0.667. The molecule has 21 heavy (non-hydrogen) atoms. The summed E-state index contributed by atoms with van der Waals surface area (Å²) < 4.78 is 0. The van der Waals surface area contributed by atoms with Crippen molar-refractivity contribution in [3.63, 3.8) is 0 Å². The van der Waals surface area contributed by atoms with Crippen LogP contribution in [-0.4, -0.2) is 39.9 Å². The predicted molar refractivity (Wildman–Crippen MR) is 81.2 cm³/mol. The Balaban J connectivity index is 2.02. The molecule has 2 heterocycles. The van der Waals surface area contributed by atoms with Gasteiger partial charge in [0.25, 0.3) is 5.56 Å². The smallest absolute Gasteiger partial charge is 0.255 e. The number of aromatic nitrogens is 2. The molecule has 6 nitrogen and oxygen atoms in total. The third-order valence-electron chi connectivity index (χ3n) is 3.90. The van der Waals surface area contributed by atoms with Gasteiger partial charge in [0, 0.05) is 37.3 Å². The van der Waals surface area contributed by atoms with Gasteiger partial charge in [0.2, 0.25) is 5.91 Å². The standard InChI is InChI=1S/C15H24N4O2/c1-9(8-19-7-5-6-13(19)20)16-10(2)14-11(3)17-12(4)18-15(14)21/h9-10,16H,5-8H2,1-4H3,(H,17,18,21). The highest BCUT2D eigenvalue weighted by atomic mass is 16.2. The van der Waals surface area contributed by atoms with Crippen LogP contribution < -0.4 is 10.9 Å². The Bertz CT molecular complexity index is 582. The molecule has 1 aromatic heterocycles. The lowest BCUT2D eigenvalue weighted by Gasteiger charge is -2.25. The lowest BCUT2D eigenvalue weighted by atomic mass is 10.1. The van der Waals surface area contributed by atoms with Crippen LogP contribution in [0.5, 0.6) is 0 Å². The number of carbonyl (C=O) groups is 1. The number of nitrogens with one attached hydrogen (secondary N) is 2. The van der Waals surface area contributed by atoms with Gasteiger partial charge in [0.15, 0.2) is 0 Å². The average molecular weight is 292 g/mol. The molecule has 1 amide bonds. The maximum Gasteiger partial charge on any atom is 0.255 e. The van der Waals surface area contributed by atoms with Crippen LogP contribution in [0.3, 0.4) is 0 Å². The molecule has 0 aromatic carbocycles. The van der Waals surface area contributed by atoms with E-state index in [9.17, 15) is 9.59 Å². The van der Waals surface area contributed by atoms with Gasteiger partial charge in [-0.05, 0) is 34.1 Å². The van der Waals surface area contributed by atoms with Crippen LogP contribution in [0.15, 0.2) is 4.79 Å². The topological polar surface area (TPSA) is 78.1 Å². The summed E-state index contributed by atoms with van der Waals surface area (Å²) in [7, 11) is 0. The van der Waals surface area contributed by atoms with Gasteiger partial charge in [-0.2, -0.15) is 0 Å². The van der Waals surface area contributed by atoms with E-state index < -0.39 is 0 Å². The second kappa shape index (κ2) is 6.39. The highest BCUT2D eigenvalue weighted by Gasteiger charge is 2.23. The number of nitrogens with zero attached hydrogens (tertiary/aromatic N) is 2. The molecule has 0 aliphatic carbocycles. The number of hydrogen-bond acceptors (Lipinski definition) is 4. The summed E-state index contributed by atoms with van der Waals surface area (Å²) >= 11 is 0. The molecule has 1 aromatic rings. The van der Waals surface area contributed by atoms with E-state index in [4.69, 9.17) is 0 Å². The fourth-order valence-corrected chi connectivity index (χ4v) is 3.04. The zero-order chi connectivity index (χ0) is 15.6. The van der Waals surface area contributed by atoms with Crippen LogP contribution in [0.4, 0.5) is 0 Å². The number of rotatable bonds is 5. The van der Waals surface area contributed by atoms with Crippen molar-refractivity contribution in [1.82, 2.24) is 20.2 Å². The summed E-state index contributed by atoms with van der Waals surface area (Å²) in [5.41, 5.74) is 1.32. The van der Waals surface area contributed by atoms with Gasteiger partial charge in [0.05, 0.1) is 5.56 Å². The first-order valence-corrected chi connectivity index (χ1v) is 7.49. The van der Waals surface area contributed by atoms with E-state index in [0.29, 0.717) is 24.4 Å². The van der Waals surface area contributed by atoms with E-state index in [-0.39, 0.29) is 23.6 Å². The van der Waals surface area contributed by atoms with Crippen LogP contribution in [-0.2, 0) is 4.79 Å². The van der Waals surface area contributed by atoms with Crippen LogP contribution in [0, 0.1) is 13.8 Å². The van der Waals surface area contributed by atoms with Gasteiger partial charge in [-0.25, -0.2) is 4.98 Å². The first kappa shape index (κ1) is 15.7. The number of aryl methyl sites for hydroxylation is 2. The summed E-state index contributed by atoms with van der Waals surface area (Å²) in [6, 6.07) is 0.0247. The predicted octanol–water partition coefficient (Wildman–Crippen LogP) is 1.05. The Kier molecular flexibility index (Phi) is 4.77. The van der Waals surface area contributed by atoms with Crippen LogP contribution in [0.25, 0.3) is 0 Å². The van der Waals surface area contributed by atoms with Crippen molar-refractivity contribution in [3.8, 4) is 0 Å². The van der Waals surface area contributed by atoms with Crippen LogP contribution >= 0.6 is 0 Å². The van der Waals surface area contributed by atoms with Crippen molar-refractivity contribution >= 4 is 5.91 Å². The minimum absolute atomic E-state index is 0.0931. The Hall–Kier alpha value is -1.69. The second-order valence-electron chi connectivity index (χ2n) is 5.88. The van der Waals surface area contributed by atoms with Crippen LogP contribution in [0.2, 0.25) is 0 Å². The molecule has 1 saturated heterocycles. The number of aromatic amines is 1. The van der Waals surface area contributed by atoms with Crippen molar-refractivity contribution in [1.29, 1.82) is 0 Å². The van der Waals surface area contributed by atoms with Crippen molar-refractivity contribution in [2.24, 2.45) is 0 Å². The number of hydrogen-bond donors (Lipinski definition) is 2. The molecule has 1 aliphatic heterocycles. The molecular formula is C15H24N4O2. The number of carbonyl (C=O) groups excluding carboxylic acids is 1. The largest absolute Gasteiger partial charge is 0.341 e. The summed E-state index contributed by atoms with van der Waals surface area (Å²) in [5, 5.41) is 3.39. The molecule has 2 rings (SSSR count). The molecule has 0 bridgehead atoms. The molecule has 1 fully saturated rings. The Morgan fingerprint density at radius 3 is 2.62 bits per heavy atom. The Morgan fingerprint density at radius 2 is 2.05 bits per heavy atom. The first-order valence-electron chi connectivity index (χ1n) is 7.49. The van der Waals surface area contributed by atoms with E-state index >= 15 is 0 Å². The zero-order valence-corrected chi connectivity index (χ0v) is 13.2. The molecule has 6 heteroatoms. The van der Waals surface area contributed by atoms with E-state index in [0.717, 1.165) is 18.7 Å². The summed E-state index contributed by atoms with van der Waals surface area (Å²) in [6.45, 7) is 9.14. The monoisotopic (exact) mass is 292 g/mol. The van der Waals surface area contributed by atoms with Crippen molar-refractivity contribution < 1.29 is 4.79 Å². The van der Waals surface area contributed by atoms with Gasteiger partial charge in [-0.15, -0.1) is 0 Å². The molecule has 116 valence electrons. The van der Waals surface area contributed by atoms with E-state index in [1.807, 2.05) is 25.7 Å². The molecule has 2 atom stereocenters. The molecule has 0 spiro atoms. The summed E-state index contributed by atoms with van der Waals surface area (Å²) in [6.07, 6.45) is 1.60. The second-order valence-corrected chi connectivity index (χ2v) is 5.88. The number of H-pyrrole nitrogens is 1. The van der Waals surface area contributed by atoms with Crippen LogP contribution in [0.1, 0.15) is 49.8 Å². The lowest BCUT2D eigenvalue weighted by Crippen LogP contribution is -2.42. The Labute approximate surface area is 125 Å². The fourth-order valence-electron chi connectivity index (χ4n) is 3.04. The van der Waals surface area contributed by atoms with Gasteiger partial charge >= 0.3 is 0 Å². The molecule has 0 saturated carbocycles. The first-order chi connectivity index (χ1) is 9.88. The maximum absolute atomic E-state index is 12.1. The van der Waals surface area contributed by atoms with Gasteiger partial charge < -0.3 is 15.2 Å². The molecule has 0 radical (unpaired) electrons. The normalized spacial score (nSPS) is 18.1. The molecular weight excluding hydrogens is 268 g/mol. The van der Waals surface area contributed by atoms with Crippen molar-refractivity contribution in [3.05, 3.63) is 27.4 Å². The quantitative estimate of drug-likeness (QED) is 0.850. The average Bonchev–Trinajstić information content (AvgIpc) is 2.73. The third kappa shape index (κ3) is 3.69. The minimum atomic E-state index is -0.102. The van der Waals surface area contributed by atoms with Gasteiger partial charge in [-0.1, -0.05) is 0 Å². The lowest BCUT2D eigenvalue weighted by molar-refractivity contribution is -0.127. The van der Waals surface area contributed by atoms with Crippen molar-refractivity contribution in [2.45, 2.75) is 52.6 Å². The van der Waals surface area contributed by atoms with Crippen molar-refractivity contribution in [2.75, 3.05) is 13.1 Å². The van der Waals surface area contributed by atoms with E-state index in [1.165, 1.54) is 0 Å². The summed E-state index contributed by atoms with van der Waals surface area (Å²) in [4.78, 5) is 32.7. The molecule has 1 aliphatic rings. The van der Waals surface area contributed by atoms with E-state index in [1.54, 1.807) is 6.92 Å². The van der Waals surface area contributed by atoms with Gasteiger partial charge in [0.1, 0.15) is 5.82 Å². The molecule has 2 unspecified atom stereocenters. The zero-order valence-electron chi connectivity index (χ0n) is 13.2. The minimum Gasteiger partial charge on any atom is -0.341 e.